The summed E-state index contributed by atoms with van der Waals surface area (Å²) in [5.41, 5.74) is 3.86. The van der Waals surface area contributed by atoms with Crippen LogP contribution in [0.1, 0.15) is 54.2 Å². The topological polar surface area (TPSA) is 123 Å². The predicted octanol–water partition coefficient (Wildman–Crippen LogP) is 4.15. The van der Waals surface area contributed by atoms with Crippen molar-refractivity contribution in [1.82, 2.24) is 15.1 Å². The maximum Gasteiger partial charge on any atom is 0.407 e. The molecule has 1 aliphatic rings. The molecular formula is C26H28N4O5. The number of carbonyl (C=O) groups is 3. The molecule has 0 aliphatic heterocycles. The monoisotopic (exact) mass is 476 g/mol. The average molecular weight is 477 g/mol. The minimum atomic E-state index is -1.13. The standard InChI is InChI=1S/C26H28N4O5/c1-26(2,13-12-23(31)27-22-14-21(24(32)33)30(3)29-22)28-25(34)35-15-20-18-10-6-4-8-16(18)17-9-5-7-11-19(17)20/h4-11,14,20H,12-13,15H2,1-3H3,(H,28,34)(H,32,33)(H,27,29,31). The molecule has 0 unspecified atom stereocenters. The summed E-state index contributed by atoms with van der Waals surface area (Å²) < 4.78 is 6.78. The smallest absolute Gasteiger partial charge is 0.407 e. The molecule has 1 heterocycles. The van der Waals surface area contributed by atoms with Crippen LogP contribution in [0.3, 0.4) is 0 Å². The highest BCUT2D eigenvalue weighted by molar-refractivity contribution is 5.92. The minimum absolute atomic E-state index is 0.0300. The van der Waals surface area contributed by atoms with Crippen molar-refractivity contribution in [3.05, 3.63) is 71.4 Å². The number of ether oxygens (including phenoxy) is 1. The summed E-state index contributed by atoms with van der Waals surface area (Å²) >= 11 is 0. The van der Waals surface area contributed by atoms with Crippen LogP contribution < -0.4 is 10.6 Å². The molecule has 1 aliphatic carbocycles. The minimum Gasteiger partial charge on any atom is -0.477 e. The van der Waals surface area contributed by atoms with Crippen LogP contribution in [0.4, 0.5) is 10.6 Å². The van der Waals surface area contributed by atoms with Crippen LogP contribution in [0.15, 0.2) is 54.6 Å². The van der Waals surface area contributed by atoms with E-state index in [1.165, 1.54) is 17.8 Å². The Morgan fingerprint density at radius 2 is 1.66 bits per heavy atom. The Hall–Kier alpha value is -4.14. The maximum atomic E-state index is 12.6. The molecule has 9 nitrogen and oxygen atoms in total. The fourth-order valence-corrected chi connectivity index (χ4v) is 4.33. The molecule has 4 rings (SSSR count). The van der Waals surface area contributed by atoms with Gasteiger partial charge in [-0.2, -0.15) is 5.10 Å². The number of alkyl carbamates (subject to hydrolysis) is 1. The molecule has 1 aromatic heterocycles. The number of aromatic carboxylic acids is 1. The van der Waals surface area contributed by atoms with E-state index in [4.69, 9.17) is 9.84 Å². The number of rotatable bonds is 8. The van der Waals surface area contributed by atoms with Gasteiger partial charge in [0.05, 0.1) is 0 Å². The number of amides is 2. The second kappa shape index (κ2) is 9.61. The van der Waals surface area contributed by atoms with Crippen LogP contribution in [-0.2, 0) is 16.6 Å². The van der Waals surface area contributed by atoms with Crippen molar-refractivity contribution >= 4 is 23.8 Å². The van der Waals surface area contributed by atoms with E-state index in [0.717, 1.165) is 22.3 Å². The molecule has 0 bridgehead atoms. The number of carboxylic acid groups (broad SMARTS) is 1. The molecule has 2 aromatic carbocycles. The lowest BCUT2D eigenvalue weighted by Crippen LogP contribution is -2.44. The lowest BCUT2D eigenvalue weighted by atomic mass is 9.98. The molecule has 0 fully saturated rings. The highest BCUT2D eigenvalue weighted by Gasteiger charge is 2.30. The van der Waals surface area contributed by atoms with Crippen molar-refractivity contribution in [2.24, 2.45) is 7.05 Å². The summed E-state index contributed by atoms with van der Waals surface area (Å²) in [4.78, 5) is 36.0. The largest absolute Gasteiger partial charge is 0.477 e. The molecule has 3 N–H and O–H groups in total. The van der Waals surface area contributed by atoms with E-state index in [1.54, 1.807) is 0 Å². The highest BCUT2D eigenvalue weighted by Crippen LogP contribution is 2.44. The first kappa shape index (κ1) is 24.0. The first-order valence-electron chi connectivity index (χ1n) is 11.3. The Kier molecular flexibility index (Phi) is 6.59. The van der Waals surface area contributed by atoms with Gasteiger partial charge < -0.3 is 20.5 Å². The van der Waals surface area contributed by atoms with Gasteiger partial charge in [0.25, 0.3) is 0 Å². The maximum absolute atomic E-state index is 12.6. The number of aromatic nitrogens is 2. The second-order valence-corrected chi connectivity index (χ2v) is 9.23. The van der Waals surface area contributed by atoms with E-state index < -0.39 is 17.6 Å². The molecule has 35 heavy (non-hydrogen) atoms. The molecule has 182 valence electrons. The van der Waals surface area contributed by atoms with Crippen LogP contribution in [0.25, 0.3) is 11.1 Å². The van der Waals surface area contributed by atoms with Crippen molar-refractivity contribution in [3.8, 4) is 11.1 Å². The zero-order chi connectivity index (χ0) is 25.2. The number of carbonyl (C=O) groups excluding carboxylic acids is 2. The predicted molar refractivity (Wildman–Crippen MR) is 130 cm³/mol. The number of nitrogens with one attached hydrogen (secondary N) is 2. The van der Waals surface area contributed by atoms with Crippen molar-refractivity contribution in [1.29, 1.82) is 0 Å². The Bertz CT molecular complexity index is 1230. The SMILES string of the molecule is Cn1nc(NC(=O)CCC(C)(C)NC(=O)OCC2c3ccccc3-c3ccccc32)cc1C(=O)O. The van der Waals surface area contributed by atoms with E-state index >= 15 is 0 Å². The van der Waals surface area contributed by atoms with E-state index in [9.17, 15) is 14.4 Å². The number of carboxylic acids is 1. The summed E-state index contributed by atoms with van der Waals surface area (Å²) in [5, 5.41) is 18.5. The number of benzene rings is 2. The molecular weight excluding hydrogens is 448 g/mol. The molecule has 0 atom stereocenters. The molecule has 3 aromatic rings. The lowest BCUT2D eigenvalue weighted by Gasteiger charge is -2.26. The van der Waals surface area contributed by atoms with E-state index in [-0.39, 0.29) is 36.4 Å². The highest BCUT2D eigenvalue weighted by atomic mass is 16.5. The van der Waals surface area contributed by atoms with Crippen LogP contribution in [-0.4, -0.2) is 45.0 Å². The number of hydrogen-bond acceptors (Lipinski definition) is 5. The first-order chi connectivity index (χ1) is 16.6. The Balaban J connectivity index is 1.29. The summed E-state index contributed by atoms with van der Waals surface area (Å²) in [6.45, 7) is 3.83. The number of hydrogen-bond donors (Lipinski definition) is 3. The van der Waals surface area contributed by atoms with Crippen LogP contribution in [0, 0.1) is 0 Å². The summed E-state index contributed by atoms with van der Waals surface area (Å²) in [7, 11) is 1.49. The van der Waals surface area contributed by atoms with Crippen LogP contribution in [0.5, 0.6) is 0 Å². The van der Waals surface area contributed by atoms with Gasteiger partial charge in [-0.05, 0) is 42.5 Å². The third-order valence-electron chi connectivity index (χ3n) is 6.13. The molecule has 9 heteroatoms. The normalized spacial score (nSPS) is 12.5. The van der Waals surface area contributed by atoms with Crippen LogP contribution >= 0.6 is 0 Å². The molecule has 2 amide bonds. The summed E-state index contributed by atoms with van der Waals surface area (Å²) in [6, 6.07) is 17.5. The van der Waals surface area contributed by atoms with Gasteiger partial charge in [0.2, 0.25) is 5.91 Å². The van der Waals surface area contributed by atoms with Crippen molar-refractivity contribution in [2.45, 2.75) is 38.1 Å². The zero-order valence-corrected chi connectivity index (χ0v) is 19.9. The van der Waals surface area contributed by atoms with E-state index in [1.807, 2.05) is 38.1 Å². The van der Waals surface area contributed by atoms with Gasteiger partial charge in [0.1, 0.15) is 12.3 Å². The van der Waals surface area contributed by atoms with Gasteiger partial charge >= 0.3 is 12.1 Å². The third-order valence-corrected chi connectivity index (χ3v) is 6.13. The fraction of sp³-hybridized carbons (Fsp3) is 0.308. The van der Waals surface area contributed by atoms with Crippen molar-refractivity contribution < 1.29 is 24.2 Å². The quantitative estimate of drug-likeness (QED) is 0.449. The van der Waals surface area contributed by atoms with Gasteiger partial charge in [-0.15, -0.1) is 0 Å². The van der Waals surface area contributed by atoms with Crippen molar-refractivity contribution in [3.63, 3.8) is 0 Å². The van der Waals surface area contributed by atoms with Gasteiger partial charge in [-0.3, -0.25) is 9.48 Å². The van der Waals surface area contributed by atoms with Crippen molar-refractivity contribution in [2.75, 3.05) is 11.9 Å². The molecule has 0 radical (unpaired) electrons. The zero-order valence-electron chi connectivity index (χ0n) is 19.9. The van der Waals surface area contributed by atoms with Crippen LogP contribution in [0.2, 0.25) is 0 Å². The Morgan fingerprint density at radius 1 is 1.06 bits per heavy atom. The van der Waals surface area contributed by atoms with Gasteiger partial charge in [0.15, 0.2) is 5.82 Å². The third kappa shape index (κ3) is 5.34. The number of fused-ring (bicyclic) bond motifs is 3. The summed E-state index contributed by atoms with van der Waals surface area (Å²) in [6.07, 6.45) is -0.0924. The Labute approximate surface area is 203 Å². The lowest BCUT2D eigenvalue weighted by molar-refractivity contribution is -0.116. The Morgan fingerprint density at radius 3 is 2.23 bits per heavy atom. The summed E-state index contributed by atoms with van der Waals surface area (Å²) in [5.74, 6) is -1.33. The molecule has 0 saturated heterocycles. The molecule has 0 saturated carbocycles. The van der Waals surface area contributed by atoms with E-state index in [2.05, 4.69) is 40.0 Å². The van der Waals surface area contributed by atoms with E-state index in [0.29, 0.717) is 6.42 Å². The number of aryl methyl sites for hydroxylation is 1. The number of anilines is 1. The van der Waals surface area contributed by atoms with Gasteiger partial charge in [-0.25, -0.2) is 9.59 Å². The number of nitrogens with zero attached hydrogens (tertiary/aromatic N) is 2. The molecule has 0 spiro atoms. The van der Waals surface area contributed by atoms with Gasteiger partial charge in [-0.1, -0.05) is 48.5 Å². The first-order valence-corrected chi connectivity index (χ1v) is 11.3. The van der Waals surface area contributed by atoms with Gasteiger partial charge in [0, 0.05) is 31.0 Å². The fourth-order valence-electron chi connectivity index (χ4n) is 4.33. The second-order valence-electron chi connectivity index (χ2n) is 9.23. The average Bonchev–Trinajstić information content (AvgIpc) is 3.33.